The van der Waals surface area contributed by atoms with Gasteiger partial charge in [-0.05, 0) is 19.4 Å². The fourth-order valence-corrected chi connectivity index (χ4v) is 1.33. The first kappa shape index (κ1) is 7.23. The summed E-state index contributed by atoms with van der Waals surface area (Å²) in [6.45, 7) is 2.04. The Balaban J connectivity index is 2.75. The Morgan fingerprint density at radius 2 is 2.44 bits per heavy atom. The number of rotatable bonds is 0. The highest BCUT2D eigenvalue weighted by atomic mass is 35.5. The highest BCUT2D eigenvalue weighted by Crippen LogP contribution is 2.23. The van der Waals surface area contributed by atoms with Gasteiger partial charge in [0.05, 0.1) is 0 Å². The molecule has 1 aliphatic rings. The van der Waals surface area contributed by atoms with Crippen LogP contribution in [0.15, 0.2) is 22.8 Å². The van der Waals surface area contributed by atoms with E-state index in [0.29, 0.717) is 5.25 Å². The molecule has 9 heavy (non-hydrogen) atoms. The second-order valence-electron chi connectivity index (χ2n) is 2.26. The summed E-state index contributed by atoms with van der Waals surface area (Å²) in [5.74, 6) is 0. The van der Waals surface area contributed by atoms with E-state index >= 15 is 0 Å². The average Bonchev–Trinajstić information content (AvgIpc) is 1.80. The van der Waals surface area contributed by atoms with Crippen LogP contribution in [0.1, 0.15) is 13.3 Å². The van der Waals surface area contributed by atoms with Crippen LogP contribution in [0.2, 0.25) is 0 Å². The Morgan fingerprint density at radius 1 is 1.78 bits per heavy atom. The summed E-state index contributed by atoms with van der Waals surface area (Å²) < 4.78 is 0. The highest BCUT2D eigenvalue weighted by molar-refractivity contribution is 7.81. The molecule has 0 radical (unpaired) electrons. The minimum Gasteiger partial charge on any atom is -0.171 e. The van der Waals surface area contributed by atoms with E-state index in [0.717, 1.165) is 11.5 Å². The molecular weight excluding hydrogens is 152 g/mol. The third kappa shape index (κ3) is 1.77. The molecule has 0 aromatic rings. The molecule has 0 saturated heterocycles. The van der Waals surface area contributed by atoms with Gasteiger partial charge in [-0.15, -0.1) is 0 Å². The molecule has 1 unspecified atom stereocenters. The van der Waals surface area contributed by atoms with Gasteiger partial charge in [0.1, 0.15) is 0 Å². The molecule has 0 bridgehead atoms. The van der Waals surface area contributed by atoms with Crippen LogP contribution >= 0.6 is 24.2 Å². The number of hydrogen-bond acceptors (Lipinski definition) is 1. The molecule has 0 N–H and O–H groups in total. The maximum atomic E-state index is 5.79. The van der Waals surface area contributed by atoms with E-state index in [1.807, 2.05) is 19.1 Å². The van der Waals surface area contributed by atoms with Crippen LogP contribution in [0.5, 0.6) is 0 Å². The summed E-state index contributed by atoms with van der Waals surface area (Å²) >= 11 is 10.1. The third-order valence-corrected chi connectivity index (χ3v) is 2.19. The van der Waals surface area contributed by atoms with Crippen LogP contribution in [0.3, 0.4) is 0 Å². The third-order valence-electron chi connectivity index (χ3n) is 1.39. The highest BCUT2D eigenvalue weighted by Gasteiger charge is 2.07. The number of hydrogen-bond donors (Lipinski definition) is 1. The van der Waals surface area contributed by atoms with Crippen LogP contribution in [0.4, 0.5) is 0 Å². The van der Waals surface area contributed by atoms with Gasteiger partial charge in [-0.2, -0.15) is 12.6 Å². The van der Waals surface area contributed by atoms with Gasteiger partial charge in [-0.25, -0.2) is 0 Å². The summed E-state index contributed by atoms with van der Waals surface area (Å²) in [5, 5.41) is 1.24. The topological polar surface area (TPSA) is 0 Å². The monoisotopic (exact) mass is 160 g/mol. The van der Waals surface area contributed by atoms with Gasteiger partial charge in [0.25, 0.3) is 0 Å². The van der Waals surface area contributed by atoms with Crippen molar-refractivity contribution >= 4 is 24.2 Å². The van der Waals surface area contributed by atoms with Crippen molar-refractivity contribution in [2.75, 3.05) is 0 Å². The molecule has 0 aromatic carbocycles. The summed E-state index contributed by atoms with van der Waals surface area (Å²) in [6, 6.07) is 0. The van der Waals surface area contributed by atoms with Gasteiger partial charge < -0.3 is 0 Å². The van der Waals surface area contributed by atoms with E-state index in [1.165, 1.54) is 5.57 Å². The van der Waals surface area contributed by atoms with Crippen LogP contribution in [-0.2, 0) is 0 Å². The van der Waals surface area contributed by atoms with Crippen LogP contribution in [-0.4, -0.2) is 5.25 Å². The van der Waals surface area contributed by atoms with Crippen molar-refractivity contribution in [1.82, 2.24) is 0 Å². The number of allylic oxidation sites excluding steroid dienone is 3. The molecule has 0 nitrogen and oxygen atoms in total. The van der Waals surface area contributed by atoms with E-state index in [2.05, 4.69) is 12.6 Å². The standard InChI is InChI=1S/C7H9ClS/c1-5-4-6(9)2-3-7(5)8/h2-3,6,9H,4H2,1H3. The minimum absolute atomic E-state index is 0.368. The Hall–Kier alpha value is 0.120. The molecule has 1 atom stereocenters. The van der Waals surface area contributed by atoms with E-state index in [9.17, 15) is 0 Å². The zero-order valence-electron chi connectivity index (χ0n) is 5.26. The van der Waals surface area contributed by atoms with Crippen molar-refractivity contribution in [1.29, 1.82) is 0 Å². The minimum atomic E-state index is 0.368. The second-order valence-corrected chi connectivity index (χ2v) is 3.33. The van der Waals surface area contributed by atoms with Crippen LogP contribution in [0, 0.1) is 0 Å². The second kappa shape index (κ2) is 2.80. The maximum absolute atomic E-state index is 5.79. The first-order valence-corrected chi connectivity index (χ1v) is 3.81. The average molecular weight is 161 g/mol. The predicted molar refractivity (Wildman–Crippen MR) is 45.1 cm³/mol. The summed E-state index contributed by atoms with van der Waals surface area (Å²) in [5.41, 5.74) is 1.24. The Labute approximate surface area is 66.0 Å². The lowest BCUT2D eigenvalue weighted by Crippen LogP contribution is -1.99. The molecule has 50 valence electrons. The molecule has 1 rings (SSSR count). The lowest BCUT2D eigenvalue weighted by molar-refractivity contribution is 0.979. The molecule has 1 aliphatic carbocycles. The van der Waals surface area contributed by atoms with Crippen LogP contribution in [0.25, 0.3) is 0 Å². The number of thiol groups is 1. The van der Waals surface area contributed by atoms with Gasteiger partial charge in [0.15, 0.2) is 0 Å². The first-order valence-electron chi connectivity index (χ1n) is 2.91. The molecular formula is C7H9ClS. The van der Waals surface area contributed by atoms with Crippen molar-refractivity contribution in [3.63, 3.8) is 0 Å². The molecule has 0 heterocycles. The van der Waals surface area contributed by atoms with Gasteiger partial charge >= 0.3 is 0 Å². The van der Waals surface area contributed by atoms with Crippen molar-refractivity contribution in [2.45, 2.75) is 18.6 Å². The van der Waals surface area contributed by atoms with Gasteiger partial charge in [0, 0.05) is 10.3 Å². The molecule has 0 fully saturated rings. The van der Waals surface area contributed by atoms with E-state index in [4.69, 9.17) is 11.6 Å². The Kier molecular flexibility index (Phi) is 2.25. The zero-order chi connectivity index (χ0) is 6.85. The van der Waals surface area contributed by atoms with Gasteiger partial charge in [0.2, 0.25) is 0 Å². The SMILES string of the molecule is CC1=C(Cl)C=CC(S)C1. The van der Waals surface area contributed by atoms with E-state index in [-0.39, 0.29) is 0 Å². The molecule has 0 amide bonds. The maximum Gasteiger partial charge on any atom is 0.0392 e. The number of halogens is 1. The molecule has 0 aromatic heterocycles. The van der Waals surface area contributed by atoms with Gasteiger partial charge in [-0.3, -0.25) is 0 Å². The van der Waals surface area contributed by atoms with Crippen molar-refractivity contribution < 1.29 is 0 Å². The predicted octanol–water partition coefficient (Wildman–Crippen LogP) is 2.76. The molecule has 2 heteroatoms. The zero-order valence-corrected chi connectivity index (χ0v) is 6.91. The quantitative estimate of drug-likeness (QED) is 0.518. The van der Waals surface area contributed by atoms with Crippen molar-refractivity contribution in [3.8, 4) is 0 Å². The molecule has 0 saturated carbocycles. The van der Waals surface area contributed by atoms with Crippen LogP contribution < -0.4 is 0 Å². The van der Waals surface area contributed by atoms with E-state index < -0.39 is 0 Å². The lowest BCUT2D eigenvalue weighted by atomic mass is 10.1. The summed E-state index contributed by atoms with van der Waals surface area (Å²) in [6.07, 6.45) is 4.91. The first-order chi connectivity index (χ1) is 4.20. The fourth-order valence-electron chi connectivity index (χ4n) is 0.817. The smallest absolute Gasteiger partial charge is 0.0392 e. The van der Waals surface area contributed by atoms with Crippen molar-refractivity contribution in [2.24, 2.45) is 0 Å². The molecule has 0 aliphatic heterocycles. The molecule has 0 spiro atoms. The van der Waals surface area contributed by atoms with Gasteiger partial charge in [-0.1, -0.05) is 23.3 Å². The summed E-state index contributed by atoms with van der Waals surface area (Å²) in [7, 11) is 0. The fraction of sp³-hybridized carbons (Fsp3) is 0.429. The largest absolute Gasteiger partial charge is 0.171 e. The summed E-state index contributed by atoms with van der Waals surface area (Å²) in [4.78, 5) is 0. The van der Waals surface area contributed by atoms with Crippen molar-refractivity contribution in [3.05, 3.63) is 22.8 Å². The normalized spacial score (nSPS) is 27.2. The Morgan fingerprint density at radius 3 is 2.89 bits per heavy atom. The Bertz CT molecular complexity index is 170. The lowest BCUT2D eigenvalue weighted by Gasteiger charge is -2.11. The van der Waals surface area contributed by atoms with E-state index in [1.54, 1.807) is 0 Å².